The van der Waals surface area contributed by atoms with Crippen molar-refractivity contribution in [1.29, 1.82) is 0 Å². The predicted molar refractivity (Wildman–Crippen MR) is 87.3 cm³/mol. The number of hydrogen-bond acceptors (Lipinski definition) is 1. The molecule has 1 aliphatic rings. The molecule has 1 atom stereocenters. The third kappa shape index (κ3) is 4.34. The van der Waals surface area contributed by atoms with Gasteiger partial charge in [-0.05, 0) is 44.6 Å². The number of hydrogen-bond donors (Lipinski definition) is 0. The number of carbonyl (C=O) groups is 1. The Morgan fingerprint density at radius 1 is 1.45 bits per heavy atom. The molecule has 0 aromatic heterocycles. The van der Waals surface area contributed by atoms with E-state index in [9.17, 15) is 4.79 Å². The fourth-order valence-corrected chi connectivity index (χ4v) is 3.36. The standard InChI is InChI=1S/C17H24BrNO/c1-14-5-2-6-15(13-14)9-10-17(20)19-12-4-8-16(19)7-3-11-18/h2,5-6,13,16H,3-4,7-12H2,1H3. The van der Waals surface area contributed by atoms with Crippen molar-refractivity contribution in [3.8, 4) is 0 Å². The highest BCUT2D eigenvalue weighted by Crippen LogP contribution is 2.23. The number of aryl methyl sites for hydroxylation is 2. The highest BCUT2D eigenvalue weighted by molar-refractivity contribution is 9.09. The van der Waals surface area contributed by atoms with Crippen LogP contribution in [0.1, 0.15) is 43.2 Å². The lowest BCUT2D eigenvalue weighted by molar-refractivity contribution is -0.132. The van der Waals surface area contributed by atoms with E-state index in [1.807, 2.05) is 0 Å². The van der Waals surface area contributed by atoms with Crippen molar-refractivity contribution in [2.45, 2.75) is 51.5 Å². The summed E-state index contributed by atoms with van der Waals surface area (Å²) in [6.07, 6.45) is 6.16. The molecule has 0 aliphatic carbocycles. The largest absolute Gasteiger partial charge is 0.340 e. The number of alkyl halides is 1. The summed E-state index contributed by atoms with van der Waals surface area (Å²) < 4.78 is 0. The second-order valence-electron chi connectivity index (χ2n) is 5.70. The van der Waals surface area contributed by atoms with Crippen LogP contribution in [0.3, 0.4) is 0 Å². The van der Waals surface area contributed by atoms with Gasteiger partial charge in [-0.15, -0.1) is 0 Å². The number of halogens is 1. The van der Waals surface area contributed by atoms with Crippen molar-refractivity contribution in [3.63, 3.8) is 0 Å². The van der Waals surface area contributed by atoms with Crippen LogP contribution in [0.15, 0.2) is 24.3 Å². The van der Waals surface area contributed by atoms with Gasteiger partial charge in [-0.1, -0.05) is 45.8 Å². The fourth-order valence-electron chi connectivity index (χ4n) is 3.04. The minimum absolute atomic E-state index is 0.337. The van der Waals surface area contributed by atoms with Crippen LogP contribution in [0, 0.1) is 6.92 Å². The van der Waals surface area contributed by atoms with E-state index in [1.165, 1.54) is 24.0 Å². The van der Waals surface area contributed by atoms with Gasteiger partial charge in [0.2, 0.25) is 5.91 Å². The van der Waals surface area contributed by atoms with Gasteiger partial charge in [0.25, 0.3) is 0 Å². The summed E-state index contributed by atoms with van der Waals surface area (Å²) >= 11 is 3.48. The van der Waals surface area contributed by atoms with Gasteiger partial charge in [0.05, 0.1) is 0 Å². The Hall–Kier alpha value is -0.830. The molecule has 1 amide bonds. The monoisotopic (exact) mass is 337 g/mol. The second kappa shape index (κ2) is 7.82. The molecule has 110 valence electrons. The van der Waals surface area contributed by atoms with Crippen molar-refractivity contribution in [2.75, 3.05) is 11.9 Å². The number of amides is 1. The van der Waals surface area contributed by atoms with Crippen LogP contribution in [0.25, 0.3) is 0 Å². The van der Waals surface area contributed by atoms with E-state index < -0.39 is 0 Å². The summed E-state index contributed by atoms with van der Waals surface area (Å²) in [7, 11) is 0. The minimum Gasteiger partial charge on any atom is -0.340 e. The molecule has 1 aromatic rings. The van der Waals surface area contributed by atoms with Crippen molar-refractivity contribution >= 4 is 21.8 Å². The van der Waals surface area contributed by atoms with E-state index in [4.69, 9.17) is 0 Å². The average molecular weight is 338 g/mol. The van der Waals surface area contributed by atoms with Crippen LogP contribution in [-0.4, -0.2) is 28.7 Å². The van der Waals surface area contributed by atoms with E-state index in [1.54, 1.807) is 0 Å². The molecule has 1 fully saturated rings. The molecule has 1 heterocycles. The summed E-state index contributed by atoms with van der Waals surface area (Å²) in [6, 6.07) is 8.95. The minimum atomic E-state index is 0.337. The topological polar surface area (TPSA) is 20.3 Å². The third-order valence-corrected chi connectivity index (χ3v) is 4.64. The quantitative estimate of drug-likeness (QED) is 0.716. The Morgan fingerprint density at radius 2 is 2.30 bits per heavy atom. The Bertz CT molecular complexity index is 446. The van der Waals surface area contributed by atoms with E-state index >= 15 is 0 Å². The number of nitrogens with zero attached hydrogens (tertiary/aromatic N) is 1. The highest BCUT2D eigenvalue weighted by Gasteiger charge is 2.27. The Balaban J connectivity index is 1.84. The summed E-state index contributed by atoms with van der Waals surface area (Å²) in [6.45, 7) is 3.06. The van der Waals surface area contributed by atoms with E-state index in [0.717, 1.165) is 31.1 Å². The number of benzene rings is 1. The Labute approximate surface area is 130 Å². The lowest BCUT2D eigenvalue weighted by atomic mass is 10.1. The van der Waals surface area contributed by atoms with Gasteiger partial charge in [-0.2, -0.15) is 0 Å². The Morgan fingerprint density at radius 3 is 3.05 bits per heavy atom. The molecule has 20 heavy (non-hydrogen) atoms. The zero-order chi connectivity index (χ0) is 14.4. The van der Waals surface area contributed by atoms with Gasteiger partial charge < -0.3 is 4.90 Å². The SMILES string of the molecule is Cc1cccc(CCC(=O)N2CCCC2CCCBr)c1. The number of carbonyl (C=O) groups excluding carboxylic acids is 1. The molecule has 0 saturated carbocycles. The van der Waals surface area contributed by atoms with Gasteiger partial charge in [-0.25, -0.2) is 0 Å². The van der Waals surface area contributed by atoms with E-state index in [2.05, 4.69) is 52.0 Å². The third-order valence-electron chi connectivity index (χ3n) is 4.08. The van der Waals surface area contributed by atoms with Crippen LogP contribution >= 0.6 is 15.9 Å². The van der Waals surface area contributed by atoms with Crippen LogP contribution < -0.4 is 0 Å². The zero-order valence-electron chi connectivity index (χ0n) is 12.3. The molecule has 0 bridgehead atoms. The lowest BCUT2D eigenvalue weighted by Gasteiger charge is -2.24. The number of likely N-dealkylation sites (tertiary alicyclic amines) is 1. The molecule has 1 unspecified atom stereocenters. The predicted octanol–water partition coefficient (Wildman–Crippen LogP) is 4.09. The second-order valence-corrected chi connectivity index (χ2v) is 6.50. The molecule has 2 nitrogen and oxygen atoms in total. The van der Waals surface area contributed by atoms with Gasteiger partial charge in [0, 0.05) is 24.3 Å². The molecular formula is C17H24BrNO. The van der Waals surface area contributed by atoms with Crippen molar-refractivity contribution in [3.05, 3.63) is 35.4 Å². The van der Waals surface area contributed by atoms with Gasteiger partial charge in [0.1, 0.15) is 0 Å². The van der Waals surface area contributed by atoms with E-state index in [-0.39, 0.29) is 0 Å². The molecule has 0 spiro atoms. The first-order chi connectivity index (χ1) is 9.70. The normalized spacial score (nSPS) is 18.5. The van der Waals surface area contributed by atoms with Crippen molar-refractivity contribution < 1.29 is 4.79 Å². The molecule has 1 aliphatic heterocycles. The van der Waals surface area contributed by atoms with Crippen molar-refractivity contribution in [1.82, 2.24) is 4.90 Å². The van der Waals surface area contributed by atoms with Crippen molar-refractivity contribution in [2.24, 2.45) is 0 Å². The molecule has 1 saturated heterocycles. The molecule has 3 heteroatoms. The number of rotatable bonds is 6. The van der Waals surface area contributed by atoms with Crippen LogP contribution in [0.5, 0.6) is 0 Å². The first-order valence-corrected chi connectivity index (χ1v) is 8.74. The van der Waals surface area contributed by atoms with Gasteiger partial charge in [-0.3, -0.25) is 4.79 Å². The summed E-state index contributed by atoms with van der Waals surface area (Å²) in [5, 5.41) is 1.04. The maximum Gasteiger partial charge on any atom is 0.223 e. The van der Waals surface area contributed by atoms with Crippen LogP contribution in [0.4, 0.5) is 0 Å². The van der Waals surface area contributed by atoms with Crippen LogP contribution in [0.2, 0.25) is 0 Å². The maximum atomic E-state index is 12.4. The first-order valence-electron chi connectivity index (χ1n) is 7.61. The summed E-state index contributed by atoms with van der Waals surface area (Å²) in [4.78, 5) is 14.5. The Kier molecular flexibility index (Phi) is 6.08. The molecule has 0 N–H and O–H groups in total. The summed E-state index contributed by atoms with van der Waals surface area (Å²) in [5.74, 6) is 0.337. The molecule has 1 aromatic carbocycles. The van der Waals surface area contributed by atoms with Gasteiger partial charge >= 0.3 is 0 Å². The van der Waals surface area contributed by atoms with Crippen LogP contribution in [-0.2, 0) is 11.2 Å². The molecular weight excluding hydrogens is 314 g/mol. The average Bonchev–Trinajstić information content (AvgIpc) is 2.91. The molecule has 0 radical (unpaired) electrons. The fraction of sp³-hybridized carbons (Fsp3) is 0.588. The summed E-state index contributed by atoms with van der Waals surface area (Å²) in [5.41, 5.74) is 2.54. The smallest absolute Gasteiger partial charge is 0.223 e. The van der Waals surface area contributed by atoms with Gasteiger partial charge in [0.15, 0.2) is 0 Å². The van der Waals surface area contributed by atoms with E-state index in [0.29, 0.717) is 18.4 Å². The first kappa shape index (κ1) is 15.6. The maximum absolute atomic E-state index is 12.4. The molecule has 2 rings (SSSR count). The zero-order valence-corrected chi connectivity index (χ0v) is 13.9. The highest BCUT2D eigenvalue weighted by atomic mass is 79.9. The lowest BCUT2D eigenvalue weighted by Crippen LogP contribution is -2.35.